The van der Waals surface area contributed by atoms with Crippen LogP contribution in [0, 0.1) is 12.3 Å². The smallest absolute Gasteiger partial charge is 0.335 e. The molecule has 0 unspecified atom stereocenters. The third-order valence-electron chi connectivity index (χ3n) is 1.76. The number of terminal acetylenes is 1. The van der Waals surface area contributed by atoms with Crippen LogP contribution in [-0.4, -0.2) is 5.97 Å². The zero-order chi connectivity index (χ0) is 11.8. The Bertz CT molecular complexity index is 430. The van der Waals surface area contributed by atoms with Crippen LogP contribution in [0.2, 0.25) is 0 Å². The lowest BCUT2D eigenvalue weighted by Crippen LogP contribution is -2.03. The fourth-order valence-corrected chi connectivity index (χ4v) is 1.38. The van der Waals surface area contributed by atoms with E-state index in [0.29, 0.717) is 18.6 Å². The maximum absolute atomic E-state index is 11.3. The molecule has 0 aliphatic rings. The summed E-state index contributed by atoms with van der Waals surface area (Å²) in [5.41, 5.74) is 0. The molecule has 1 aromatic rings. The highest BCUT2D eigenvalue weighted by Crippen LogP contribution is 2.23. The third kappa shape index (κ3) is 4.33. The molecule has 0 atom stereocenters. The third-order valence-corrected chi connectivity index (χ3v) is 2.41. The van der Waals surface area contributed by atoms with Gasteiger partial charge in [0.05, 0.1) is 4.47 Å². The van der Waals surface area contributed by atoms with E-state index >= 15 is 0 Å². The summed E-state index contributed by atoms with van der Waals surface area (Å²) in [7, 11) is 0. The molecule has 0 saturated carbocycles. The average Bonchev–Trinajstić information content (AvgIpc) is 2.28. The van der Waals surface area contributed by atoms with Gasteiger partial charge in [-0.15, -0.1) is 12.3 Å². The lowest BCUT2D eigenvalue weighted by atomic mass is 10.3. The molecule has 0 aliphatic carbocycles. The Labute approximate surface area is 103 Å². The van der Waals surface area contributed by atoms with Gasteiger partial charge < -0.3 is 4.74 Å². The molecule has 3 heteroatoms. The van der Waals surface area contributed by atoms with Gasteiger partial charge in [0.25, 0.3) is 0 Å². The van der Waals surface area contributed by atoms with E-state index in [-0.39, 0.29) is 0 Å². The summed E-state index contributed by atoms with van der Waals surface area (Å²) in [6, 6.07) is 7.18. The summed E-state index contributed by atoms with van der Waals surface area (Å²) in [5, 5.41) is 0. The van der Waals surface area contributed by atoms with Crippen molar-refractivity contribution in [2.24, 2.45) is 0 Å². The summed E-state index contributed by atoms with van der Waals surface area (Å²) in [6.45, 7) is 0. The number of ether oxygens (including phenoxy) is 1. The minimum atomic E-state index is -0.399. The summed E-state index contributed by atoms with van der Waals surface area (Å²) in [6.07, 6.45) is 9.48. The first-order valence-corrected chi connectivity index (χ1v) is 5.59. The lowest BCUT2D eigenvalue weighted by Gasteiger charge is -2.02. The van der Waals surface area contributed by atoms with E-state index in [1.807, 2.05) is 12.1 Å². The molecule has 2 nitrogen and oxygen atoms in total. The number of carbonyl (C=O) groups is 1. The average molecular weight is 279 g/mol. The predicted octanol–water partition coefficient (Wildman–Crippen LogP) is 3.32. The zero-order valence-corrected chi connectivity index (χ0v) is 10.2. The first kappa shape index (κ1) is 12.5. The summed E-state index contributed by atoms with van der Waals surface area (Å²) < 4.78 is 5.85. The highest BCUT2D eigenvalue weighted by molar-refractivity contribution is 9.10. The van der Waals surface area contributed by atoms with Gasteiger partial charge >= 0.3 is 5.97 Å². The van der Waals surface area contributed by atoms with E-state index in [1.54, 1.807) is 18.2 Å². The normalized spacial score (nSPS) is 10.0. The monoisotopic (exact) mass is 278 g/mol. The van der Waals surface area contributed by atoms with Crippen molar-refractivity contribution in [3.63, 3.8) is 0 Å². The number of unbranched alkanes of at least 4 members (excludes halogenated alkanes) is 1. The summed E-state index contributed by atoms with van der Waals surface area (Å²) in [5.74, 6) is 2.60. The first-order valence-electron chi connectivity index (χ1n) is 4.80. The van der Waals surface area contributed by atoms with Gasteiger partial charge in [0.2, 0.25) is 0 Å². The topological polar surface area (TPSA) is 26.3 Å². The molecule has 0 N–H and O–H groups in total. The molecule has 0 saturated heterocycles. The van der Waals surface area contributed by atoms with Crippen LogP contribution in [0.4, 0.5) is 0 Å². The minimum Gasteiger partial charge on any atom is -0.422 e. The molecule has 0 heterocycles. The second-order valence-corrected chi connectivity index (χ2v) is 3.85. The van der Waals surface area contributed by atoms with Crippen LogP contribution in [-0.2, 0) is 4.79 Å². The van der Waals surface area contributed by atoms with E-state index in [1.165, 1.54) is 6.08 Å². The Morgan fingerprint density at radius 2 is 2.25 bits per heavy atom. The van der Waals surface area contributed by atoms with Gasteiger partial charge in [-0.2, -0.15) is 0 Å². The molecule has 0 radical (unpaired) electrons. The van der Waals surface area contributed by atoms with Crippen LogP contribution >= 0.6 is 15.9 Å². The highest BCUT2D eigenvalue weighted by atomic mass is 79.9. The van der Waals surface area contributed by atoms with Crippen LogP contribution in [0.3, 0.4) is 0 Å². The van der Waals surface area contributed by atoms with Crippen LogP contribution in [0.25, 0.3) is 0 Å². The Kier molecular flexibility index (Phi) is 5.38. The standard InChI is InChI=1S/C13H11BrO2/c1-2-3-4-5-10-13(15)16-12-9-7-6-8-11(12)14/h1,5-10H,3-4H2/b10-5+. The fraction of sp³-hybridized carbons (Fsp3) is 0.154. The van der Waals surface area contributed by atoms with Crippen LogP contribution in [0.15, 0.2) is 40.9 Å². The van der Waals surface area contributed by atoms with Crippen LogP contribution in [0.1, 0.15) is 12.8 Å². The van der Waals surface area contributed by atoms with Crippen molar-refractivity contribution in [3.8, 4) is 18.1 Å². The number of halogens is 1. The molecule has 0 bridgehead atoms. The maximum atomic E-state index is 11.3. The molecule has 1 aromatic carbocycles. The van der Waals surface area contributed by atoms with Gasteiger partial charge in [0, 0.05) is 12.5 Å². The van der Waals surface area contributed by atoms with E-state index in [9.17, 15) is 4.79 Å². The summed E-state index contributed by atoms with van der Waals surface area (Å²) in [4.78, 5) is 11.3. The quantitative estimate of drug-likeness (QED) is 0.278. The van der Waals surface area contributed by atoms with E-state index in [0.717, 1.165) is 4.47 Å². The maximum Gasteiger partial charge on any atom is 0.335 e. The Hall–Kier alpha value is -1.53. The molecule has 0 fully saturated rings. The van der Waals surface area contributed by atoms with Crippen molar-refractivity contribution < 1.29 is 9.53 Å². The van der Waals surface area contributed by atoms with Gasteiger partial charge in [-0.25, -0.2) is 4.79 Å². The second kappa shape index (κ2) is 6.86. The number of rotatable bonds is 4. The van der Waals surface area contributed by atoms with Crippen LogP contribution < -0.4 is 4.74 Å². The van der Waals surface area contributed by atoms with Gasteiger partial charge in [-0.1, -0.05) is 18.2 Å². The highest BCUT2D eigenvalue weighted by Gasteiger charge is 2.03. The van der Waals surface area contributed by atoms with Gasteiger partial charge in [-0.05, 0) is 34.5 Å². The minimum absolute atomic E-state index is 0.399. The largest absolute Gasteiger partial charge is 0.422 e. The molecule has 16 heavy (non-hydrogen) atoms. The van der Waals surface area contributed by atoms with Crippen molar-refractivity contribution >= 4 is 21.9 Å². The number of benzene rings is 1. The van der Waals surface area contributed by atoms with Gasteiger partial charge in [-0.3, -0.25) is 0 Å². The summed E-state index contributed by atoms with van der Waals surface area (Å²) >= 11 is 3.29. The molecular formula is C13H11BrO2. The molecule has 82 valence electrons. The van der Waals surface area contributed by atoms with Crippen LogP contribution in [0.5, 0.6) is 5.75 Å². The first-order chi connectivity index (χ1) is 7.74. The van der Waals surface area contributed by atoms with Crippen molar-refractivity contribution in [1.29, 1.82) is 0 Å². The van der Waals surface area contributed by atoms with E-state index in [2.05, 4.69) is 21.9 Å². The molecule has 0 aromatic heterocycles. The van der Waals surface area contributed by atoms with Gasteiger partial charge in [0.15, 0.2) is 0 Å². The SMILES string of the molecule is C#CCC/C=C/C(=O)Oc1ccccc1Br. The molecular weight excluding hydrogens is 268 g/mol. The Balaban J connectivity index is 2.50. The van der Waals surface area contributed by atoms with Crippen molar-refractivity contribution in [2.75, 3.05) is 0 Å². The fourth-order valence-electron chi connectivity index (χ4n) is 1.02. The predicted molar refractivity (Wildman–Crippen MR) is 67.0 cm³/mol. The van der Waals surface area contributed by atoms with E-state index < -0.39 is 5.97 Å². The second-order valence-electron chi connectivity index (χ2n) is 3.00. The number of hydrogen-bond donors (Lipinski definition) is 0. The number of allylic oxidation sites excluding steroid dienone is 1. The van der Waals surface area contributed by atoms with Crippen molar-refractivity contribution in [1.82, 2.24) is 0 Å². The van der Waals surface area contributed by atoms with E-state index in [4.69, 9.17) is 11.2 Å². The number of hydrogen-bond acceptors (Lipinski definition) is 2. The van der Waals surface area contributed by atoms with Crippen molar-refractivity contribution in [3.05, 3.63) is 40.9 Å². The molecule has 0 amide bonds. The molecule has 0 aliphatic heterocycles. The Morgan fingerprint density at radius 1 is 1.50 bits per heavy atom. The lowest BCUT2D eigenvalue weighted by molar-refractivity contribution is -0.129. The van der Waals surface area contributed by atoms with Crippen molar-refractivity contribution in [2.45, 2.75) is 12.8 Å². The Morgan fingerprint density at radius 3 is 2.94 bits per heavy atom. The number of carbonyl (C=O) groups excluding carboxylic acids is 1. The zero-order valence-electron chi connectivity index (χ0n) is 8.65. The molecule has 0 spiro atoms. The number of esters is 1. The molecule has 1 rings (SSSR count). The number of para-hydroxylation sites is 1. The van der Waals surface area contributed by atoms with Gasteiger partial charge in [0.1, 0.15) is 5.75 Å².